The van der Waals surface area contributed by atoms with E-state index in [1.807, 2.05) is 0 Å². The molecule has 0 spiro atoms. The average Bonchev–Trinajstić information content (AvgIpc) is 2.77. The van der Waals surface area contributed by atoms with E-state index in [2.05, 4.69) is 49.9 Å². The van der Waals surface area contributed by atoms with Crippen molar-refractivity contribution in [3.05, 3.63) is 49.1 Å². The van der Waals surface area contributed by atoms with Crippen molar-refractivity contribution in [2.24, 2.45) is 5.41 Å². The van der Waals surface area contributed by atoms with E-state index in [9.17, 15) is 0 Å². The van der Waals surface area contributed by atoms with E-state index >= 15 is 0 Å². The lowest BCUT2D eigenvalue weighted by atomic mass is 9.84. The molecule has 0 radical (unpaired) electrons. The van der Waals surface area contributed by atoms with Crippen molar-refractivity contribution in [1.29, 1.82) is 0 Å². The molecule has 0 aromatic heterocycles. The highest BCUT2D eigenvalue weighted by atomic mass is 16.5. The third-order valence-corrected chi connectivity index (χ3v) is 6.08. The average molecular weight is 427 g/mol. The molecule has 0 N–H and O–H groups in total. The lowest BCUT2D eigenvalue weighted by Gasteiger charge is -2.40. The van der Waals surface area contributed by atoms with Gasteiger partial charge in [-0.05, 0) is 54.3 Å². The quantitative estimate of drug-likeness (QED) is 0.225. The monoisotopic (exact) mass is 426 g/mol. The van der Waals surface area contributed by atoms with Crippen LogP contribution in [0.4, 0.5) is 0 Å². The molecule has 1 aliphatic heterocycles. The molecular formula is C27H38O4. The van der Waals surface area contributed by atoms with E-state index in [0.29, 0.717) is 6.61 Å². The van der Waals surface area contributed by atoms with Gasteiger partial charge in [0.25, 0.3) is 0 Å². The van der Waals surface area contributed by atoms with Gasteiger partial charge in [0, 0.05) is 6.61 Å². The smallest absolute Gasteiger partial charge is 0.119 e. The summed E-state index contributed by atoms with van der Waals surface area (Å²) in [5.74, 6) is 1.87. The highest BCUT2D eigenvalue weighted by molar-refractivity contribution is 5.85. The van der Waals surface area contributed by atoms with E-state index in [4.69, 9.17) is 18.9 Å². The Kier molecular flexibility index (Phi) is 9.70. The molecule has 0 saturated carbocycles. The Bertz CT molecular complexity index is 791. The van der Waals surface area contributed by atoms with Gasteiger partial charge in [0.05, 0.1) is 38.4 Å². The first-order valence-electron chi connectivity index (χ1n) is 11.8. The van der Waals surface area contributed by atoms with Crippen molar-refractivity contribution >= 4 is 10.8 Å². The molecule has 0 amide bonds. The number of hydrogen-bond acceptors (Lipinski definition) is 4. The van der Waals surface area contributed by atoms with Gasteiger partial charge in [-0.25, -0.2) is 0 Å². The maximum absolute atomic E-state index is 6.06. The lowest BCUT2D eigenvalue weighted by molar-refractivity contribution is -0.133. The van der Waals surface area contributed by atoms with Crippen molar-refractivity contribution in [1.82, 2.24) is 0 Å². The van der Waals surface area contributed by atoms with Gasteiger partial charge in [-0.3, -0.25) is 0 Å². The van der Waals surface area contributed by atoms with Crippen LogP contribution in [0, 0.1) is 5.41 Å². The standard InChI is InChI=1S/C27H38O4/c1-3-15-28-16-9-7-5-6-8-10-17-30-25-13-11-24-19-26(14-12-23(24)18-25)31-22-27(4-2)20-29-21-27/h3,11-14,18-19H,1,4-10,15-17,20-22H2,2H3. The highest BCUT2D eigenvalue weighted by Gasteiger charge is 2.37. The summed E-state index contributed by atoms with van der Waals surface area (Å²) in [4.78, 5) is 0. The summed E-state index contributed by atoms with van der Waals surface area (Å²) in [6.07, 6.45) is 10.1. The zero-order valence-electron chi connectivity index (χ0n) is 19.1. The van der Waals surface area contributed by atoms with Crippen LogP contribution in [0.25, 0.3) is 10.8 Å². The molecule has 3 rings (SSSR count). The summed E-state index contributed by atoms with van der Waals surface area (Å²) in [5, 5.41) is 2.36. The Hall–Kier alpha value is -2.04. The predicted molar refractivity (Wildman–Crippen MR) is 127 cm³/mol. The third kappa shape index (κ3) is 7.55. The molecule has 1 heterocycles. The summed E-state index contributed by atoms with van der Waals surface area (Å²) in [7, 11) is 0. The van der Waals surface area contributed by atoms with Crippen LogP contribution < -0.4 is 9.47 Å². The van der Waals surface area contributed by atoms with Crippen LogP contribution in [-0.2, 0) is 9.47 Å². The van der Waals surface area contributed by atoms with Crippen LogP contribution in [0.1, 0.15) is 51.9 Å². The Balaban J connectivity index is 1.33. The van der Waals surface area contributed by atoms with Crippen LogP contribution in [0.3, 0.4) is 0 Å². The summed E-state index contributed by atoms with van der Waals surface area (Å²) in [6, 6.07) is 12.6. The van der Waals surface area contributed by atoms with Crippen LogP contribution >= 0.6 is 0 Å². The maximum atomic E-state index is 6.06. The van der Waals surface area contributed by atoms with Crippen molar-refractivity contribution in [2.75, 3.05) is 39.6 Å². The van der Waals surface area contributed by atoms with Gasteiger partial charge >= 0.3 is 0 Å². The summed E-state index contributed by atoms with van der Waals surface area (Å²) in [6.45, 7) is 10.5. The van der Waals surface area contributed by atoms with Gasteiger partial charge in [0.2, 0.25) is 0 Å². The molecule has 1 saturated heterocycles. The molecule has 1 aliphatic rings. The molecule has 0 unspecified atom stereocenters. The van der Waals surface area contributed by atoms with Gasteiger partial charge in [0.1, 0.15) is 11.5 Å². The molecule has 4 heteroatoms. The van der Waals surface area contributed by atoms with Gasteiger partial charge in [-0.1, -0.05) is 50.8 Å². The Labute approximate surface area is 187 Å². The zero-order valence-corrected chi connectivity index (χ0v) is 19.1. The van der Waals surface area contributed by atoms with Crippen LogP contribution in [-0.4, -0.2) is 39.6 Å². The van der Waals surface area contributed by atoms with Gasteiger partial charge < -0.3 is 18.9 Å². The predicted octanol–water partition coefficient (Wildman–Crippen LogP) is 6.57. The molecule has 170 valence electrons. The molecule has 4 nitrogen and oxygen atoms in total. The van der Waals surface area contributed by atoms with E-state index in [-0.39, 0.29) is 5.41 Å². The largest absolute Gasteiger partial charge is 0.494 e. The van der Waals surface area contributed by atoms with Gasteiger partial charge in [-0.2, -0.15) is 0 Å². The van der Waals surface area contributed by atoms with Crippen molar-refractivity contribution in [3.8, 4) is 11.5 Å². The minimum atomic E-state index is 0.201. The topological polar surface area (TPSA) is 36.9 Å². The van der Waals surface area contributed by atoms with Crippen LogP contribution in [0.2, 0.25) is 0 Å². The number of benzene rings is 2. The number of unbranched alkanes of at least 4 members (excludes halogenated alkanes) is 5. The van der Waals surface area contributed by atoms with Gasteiger partial charge in [0.15, 0.2) is 0 Å². The Morgan fingerprint density at radius 2 is 1.48 bits per heavy atom. The first-order chi connectivity index (χ1) is 15.2. The fourth-order valence-corrected chi connectivity index (χ4v) is 3.77. The first kappa shape index (κ1) is 23.6. The summed E-state index contributed by atoms with van der Waals surface area (Å²) in [5.41, 5.74) is 0.201. The number of rotatable bonds is 16. The highest BCUT2D eigenvalue weighted by Crippen LogP contribution is 2.33. The first-order valence-corrected chi connectivity index (χ1v) is 11.8. The van der Waals surface area contributed by atoms with E-state index in [1.165, 1.54) is 36.5 Å². The molecule has 0 bridgehead atoms. The number of hydrogen-bond donors (Lipinski definition) is 0. The molecule has 31 heavy (non-hydrogen) atoms. The molecular weight excluding hydrogens is 388 g/mol. The lowest BCUT2D eigenvalue weighted by Crippen LogP contribution is -2.46. The zero-order chi connectivity index (χ0) is 21.8. The second kappa shape index (κ2) is 12.7. The molecule has 2 aromatic rings. The normalized spacial score (nSPS) is 14.9. The van der Waals surface area contributed by atoms with Crippen molar-refractivity contribution < 1.29 is 18.9 Å². The minimum absolute atomic E-state index is 0.201. The maximum Gasteiger partial charge on any atom is 0.119 e. The minimum Gasteiger partial charge on any atom is -0.494 e. The van der Waals surface area contributed by atoms with Crippen molar-refractivity contribution in [3.63, 3.8) is 0 Å². The van der Waals surface area contributed by atoms with E-state index in [1.54, 1.807) is 6.08 Å². The summed E-state index contributed by atoms with van der Waals surface area (Å²) >= 11 is 0. The number of ether oxygens (including phenoxy) is 4. The van der Waals surface area contributed by atoms with Crippen molar-refractivity contribution in [2.45, 2.75) is 51.9 Å². The Morgan fingerprint density at radius 1 is 0.871 bits per heavy atom. The second-order valence-electron chi connectivity index (χ2n) is 8.64. The Morgan fingerprint density at radius 3 is 2.06 bits per heavy atom. The fourth-order valence-electron chi connectivity index (χ4n) is 3.77. The van der Waals surface area contributed by atoms with E-state index in [0.717, 1.165) is 63.8 Å². The third-order valence-electron chi connectivity index (χ3n) is 6.08. The van der Waals surface area contributed by atoms with E-state index < -0.39 is 0 Å². The SMILES string of the molecule is C=CCOCCCCCCCCOc1ccc2cc(OCC3(CC)COC3)ccc2c1. The molecule has 0 atom stereocenters. The van der Waals surface area contributed by atoms with Crippen LogP contribution in [0.15, 0.2) is 49.1 Å². The molecule has 1 fully saturated rings. The molecule has 2 aromatic carbocycles. The fraction of sp³-hybridized carbons (Fsp3) is 0.556. The summed E-state index contributed by atoms with van der Waals surface area (Å²) < 4.78 is 22.8. The van der Waals surface area contributed by atoms with Crippen LogP contribution in [0.5, 0.6) is 11.5 Å². The number of fused-ring (bicyclic) bond motifs is 1. The molecule has 0 aliphatic carbocycles. The van der Waals surface area contributed by atoms with Gasteiger partial charge in [-0.15, -0.1) is 6.58 Å². The second-order valence-corrected chi connectivity index (χ2v) is 8.64.